The zero-order valence-electron chi connectivity index (χ0n) is 13.1. The molecular weight excluding hydrogens is 366 g/mol. The number of para-hydroxylation sites is 1. The predicted molar refractivity (Wildman–Crippen MR) is 94.1 cm³/mol. The fourth-order valence-corrected chi connectivity index (χ4v) is 4.90. The highest BCUT2D eigenvalue weighted by Gasteiger charge is 2.37. The van der Waals surface area contributed by atoms with Crippen molar-refractivity contribution in [3.05, 3.63) is 69.2 Å². The summed E-state index contributed by atoms with van der Waals surface area (Å²) in [6.07, 6.45) is 0. The Bertz CT molecular complexity index is 904. The van der Waals surface area contributed by atoms with E-state index in [4.69, 9.17) is 11.6 Å². The van der Waals surface area contributed by atoms with Gasteiger partial charge in [0.2, 0.25) is 0 Å². The second-order valence-corrected chi connectivity index (χ2v) is 7.91. The molecule has 0 aliphatic carbocycles. The van der Waals surface area contributed by atoms with E-state index in [9.17, 15) is 18.5 Å². The Balaban J connectivity index is 2.07. The lowest BCUT2D eigenvalue weighted by Gasteiger charge is -2.35. The summed E-state index contributed by atoms with van der Waals surface area (Å²) in [5.41, 5.74) is 0.313. The number of nitro groups is 1. The van der Waals surface area contributed by atoms with Crippen LogP contribution in [-0.2, 0) is 10.0 Å². The molecule has 0 amide bonds. The molecule has 25 heavy (non-hydrogen) atoms. The Kier molecular flexibility index (Phi) is 5.05. The van der Waals surface area contributed by atoms with Crippen LogP contribution in [0.4, 0.5) is 5.69 Å². The summed E-state index contributed by atoms with van der Waals surface area (Å²) >= 11 is 6.03. The number of hydrogen-bond acceptors (Lipinski definition) is 5. The number of nitrogens with zero attached hydrogens (tertiary/aromatic N) is 2. The van der Waals surface area contributed by atoms with Crippen LogP contribution in [0.25, 0.3) is 0 Å². The summed E-state index contributed by atoms with van der Waals surface area (Å²) in [6, 6.07) is 11.9. The Morgan fingerprint density at radius 3 is 2.68 bits per heavy atom. The number of benzene rings is 2. The third-order valence-corrected chi connectivity index (χ3v) is 6.27. The summed E-state index contributed by atoms with van der Waals surface area (Å²) in [5.74, 6) is 0. The third kappa shape index (κ3) is 3.52. The summed E-state index contributed by atoms with van der Waals surface area (Å²) < 4.78 is 27.6. The number of hydrogen-bond donors (Lipinski definition) is 1. The molecule has 2 aromatic carbocycles. The van der Waals surface area contributed by atoms with E-state index in [1.54, 1.807) is 24.3 Å². The van der Waals surface area contributed by atoms with Crippen molar-refractivity contribution in [3.63, 3.8) is 0 Å². The minimum absolute atomic E-state index is 0.214. The van der Waals surface area contributed by atoms with Gasteiger partial charge in [-0.05, 0) is 23.8 Å². The first-order valence-corrected chi connectivity index (χ1v) is 9.44. The summed E-state index contributed by atoms with van der Waals surface area (Å²) in [7, 11) is -4.04. The molecule has 7 nitrogen and oxygen atoms in total. The number of sulfonamides is 1. The molecule has 0 spiro atoms. The van der Waals surface area contributed by atoms with Gasteiger partial charge >= 0.3 is 0 Å². The van der Waals surface area contributed by atoms with Crippen LogP contribution in [0.1, 0.15) is 11.6 Å². The van der Waals surface area contributed by atoms with Crippen LogP contribution < -0.4 is 5.32 Å². The molecule has 1 N–H and O–H groups in total. The van der Waals surface area contributed by atoms with Gasteiger partial charge in [-0.2, -0.15) is 4.31 Å². The minimum atomic E-state index is -4.04. The van der Waals surface area contributed by atoms with Gasteiger partial charge < -0.3 is 5.32 Å². The van der Waals surface area contributed by atoms with Gasteiger partial charge in [-0.3, -0.25) is 10.1 Å². The van der Waals surface area contributed by atoms with Gasteiger partial charge in [0.15, 0.2) is 4.90 Å². The van der Waals surface area contributed by atoms with Crippen LogP contribution in [0.2, 0.25) is 5.02 Å². The molecule has 1 atom stereocenters. The molecule has 9 heteroatoms. The van der Waals surface area contributed by atoms with E-state index in [2.05, 4.69) is 5.32 Å². The molecule has 3 rings (SSSR count). The van der Waals surface area contributed by atoms with Crippen LogP contribution in [0.3, 0.4) is 0 Å². The first-order valence-electron chi connectivity index (χ1n) is 7.62. The van der Waals surface area contributed by atoms with Gasteiger partial charge in [0.05, 0.1) is 11.0 Å². The molecule has 132 valence electrons. The Morgan fingerprint density at radius 1 is 1.20 bits per heavy atom. The summed E-state index contributed by atoms with van der Waals surface area (Å²) in [5, 5.41) is 14.9. The molecule has 0 saturated carbocycles. The van der Waals surface area contributed by atoms with Gasteiger partial charge in [-0.25, -0.2) is 8.42 Å². The second-order valence-electron chi connectivity index (χ2n) is 5.62. The van der Waals surface area contributed by atoms with Crippen LogP contribution in [-0.4, -0.2) is 37.3 Å². The average Bonchev–Trinajstić information content (AvgIpc) is 2.61. The monoisotopic (exact) mass is 381 g/mol. The van der Waals surface area contributed by atoms with Gasteiger partial charge in [-0.1, -0.05) is 35.9 Å². The first-order chi connectivity index (χ1) is 11.9. The third-order valence-electron chi connectivity index (χ3n) is 4.08. The standard InChI is InChI=1S/C16H16ClN3O4S/c17-13-5-3-4-12(10-13)15-11-18-8-9-19(15)25(23,24)16-7-2-1-6-14(16)20(21)22/h1-7,10,15,18H,8-9,11H2. The molecule has 1 unspecified atom stereocenters. The molecule has 1 saturated heterocycles. The van der Waals surface area contributed by atoms with Crippen molar-refractivity contribution in [2.24, 2.45) is 0 Å². The van der Waals surface area contributed by atoms with E-state index in [1.807, 2.05) is 0 Å². The van der Waals surface area contributed by atoms with Crippen molar-refractivity contribution >= 4 is 27.3 Å². The summed E-state index contributed by atoms with van der Waals surface area (Å²) in [6.45, 7) is 1.09. The molecule has 0 aromatic heterocycles. The number of piperazine rings is 1. The van der Waals surface area contributed by atoms with Crippen molar-refractivity contribution in [2.75, 3.05) is 19.6 Å². The lowest BCUT2D eigenvalue weighted by Crippen LogP contribution is -2.48. The zero-order valence-corrected chi connectivity index (χ0v) is 14.7. The largest absolute Gasteiger partial charge is 0.313 e. The van der Waals surface area contributed by atoms with Crippen LogP contribution >= 0.6 is 11.6 Å². The van der Waals surface area contributed by atoms with Gasteiger partial charge in [0, 0.05) is 30.7 Å². The molecule has 1 aliphatic rings. The lowest BCUT2D eigenvalue weighted by atomic mass is 10.1. The molecule has 2 aromatic rings. The maximum Gasteiger partial charge on any atom is 0.289 e. The Labute approximate surface area is 150 Å². The van der Waals surface area contributed by atoms with Crippen molar-refractivity contribution in [1.82, 2.24) is 9.62 Å². The molecule has 1 heterocycles. The van der Waals surface area contributed by atoms with Crippen molar-refractivity contribution in [2.45, 2.75) is 10.9 Å². The quantitative estimate of drug-likeness (QED) is 0.649. The molecular formula is C16H16ClN3O4S. The highest BCUT2D eigenvalue weighted by Crippen LogP contribution is 2.33. The van der Waals surface area contributed by atoms with Crippen LogP contribution in [0.5, 0.6) is 0 Å². The maximum atomic E-state index is 13.1. The maximum absolute atomic E-state index is 13.1. The highest BCUT2D eigenvalue weighted by molar-refractivity contribution is 7.89. The van der Waals surface area contributed by atoms with Crippen LogP contribution in [0, 0.1) is 10.1 Å². The van der Waals surface area contributed by atoms with Crippen molar-refractivity contribution in [3.8, 4) is 0 Å². The van der Waals surface area contributed by atoms with Crippen molar-refractivity contribution in [1.29, 1.82) is 0 Å². The highest BCUT2D eigenvalue weighted by atomic mass is 35.5. The number of nitrogens with one attached hydrogen (secondary N) is 1. The fraction of sp³-hybridized carbons (Fsp3) is 0.250. The van der Waals surface area contributed by atoms with Crippen molar-refractivity contribution < 1.29 is 13.3 Å². The van der Waals surface area contributed by atoms with Gasteiger partial charge in [0.25, 0.3) is 15.7 Å². The van der Waals surface area contributed by atoms with Gasteiger partial charge in [-0.15, -0.1) is 0 Å². The SMILES string of the molecule is O=[N+]([O-])c1ccccc1S(=O)(=O)N1CCNCC1c1cccc(Cl)c1. The minimum Gasteiger partial charge on any atom is -0.313 e. The lowest BCUT2D eigenvalue weighted by molar-refractivity contribution is -0.387. The smallest absolute Gasteiger partial charge is 0.289 e. The number of halogens is 1. The fourth-order valence-electron chi connectivity index (χ4n) is 2.92. The van der Waals surface area contributed by atoms with E-state index in [-0.39, 0.29) is 11.4 Å². The second kappa shape index (κ2) is 7.09. The first kappa shape index (κ1) is 17.8. The zero-order chi connectivity index (χ0) is 18.0. The average molecular weight is 382 g/mol. The van der Waals surface area contributed by atoms with E-state index >= 15 is 0 Å². The molecule has 0 bridgehead atoms. The number of nitro benzene ring substituents is 1. The van der Waals surface area contributed by atoms with E-state index in [0.717, 1.165) is 5.56 Å². The number of rotatable bonds is 4. The topological polar surface area (TPSA) is 92.5 Å². The predicted octanol–water partition coefficient (Wildman–Crippen LogP) is 2.58. The molecule has 1 aliphatic heterocycles. The van der Waals surface area contributed by atoms with Gasteiger partial charge in [0.1, 0.15) is 0 Å². The van der Waals surface area contributed by atoms with E-state index in [0.29, 0.717) is 18.1 Å². The summed E-state index contributed by atoms with van der Waals surface area (Å²) in [4.78, 5) is 10.3. The normalized spacial score (nSPS) is 18.8. The Hall–Kier alpha value is -2.00. The van der Waals surface area contributed by atoms with E-state index in [1.165, 1.54) is 28.6 Å². The van der Waals surface area contributed by atoms with Crippen LogP contribution in [0.15, 0.2) is 53.4 Å². The Morgan fingerprint density at radius 2 is 1.96 bits per heavy atom. The van der Waals surface area contributed by atoms with E-state index < -0.39 is 26.7 Å². The molecule has 0 radical (unpaired) electrons. The molecule has 1 fully saturated rings.